The quantitative estimate of drug-likeness (QED) is 0.811. The number of rotatable bonds is 5. The first-order valence-electron chi connectivity index (χ1n) is 8.19. The molecule has 2 unspecified atom stereocenters. The zero-order valence-corrected chi connectivity index (χ0v) is 12.2. The molecule has 3 rings (SSSR count). The summed E-state index contributed by atoms with van der Waals surface area (Å²) in [6.07, 6.45) is 9.78. The van der Waals surface area contributed by atoms with Gasteiger partial charge in [-0.05, 0) is 48.6 Å². The third-order valence-electron chi connectivity index (χ3n) is 5.03. The Hall–Kier alpha value is -0.820. The van der Waals surface area contributed by atoms with Crippen molar-refractivity contribution in [2.24, 2.45) is 5.92 Å². The minimum atomic E-state index is 0.752. The molecule has 1 aromatic carbocycles. The van der Waals surface area contributed by atoms with Crippen LogP contribution in [0, 0.1) is 5.92 Å². The zero-order chi connectivity index (χ0) is 13.1. The van der Waals surface area contributed by atoms with Crippen LogP contribution in [0.3, 0.4) is 0 Å². The van der Waals surface area contributed by atoms with E-state index in [1.807, 2.05) is 0 Å². The van der Waals surface area contributed by atoms with E-state index in [4.69, 9.17) is 0 Å². The predicted octanol–water partition coefficient (Wildman–Crippen LogP) is 4.62. The Morgan fingerprint density at radius 3 is 2.42 bits per heavy atom. The highest BCUT2D eigenvalue weighted by Crippen LogP contribution is 2.39. The van der Waals surface area contributed by atoms with Gasteiger partial charge in [-0.25, -0.2) is 0 Å². The number of hydrogen-bond acceptors (Lipinski definition) is 1. The first kappa shape index (κ1) is 13.2. The van der Waals surface area contributed by atoms with Gasteiger partial charge in [-0.15, -0.1) is 0 Å². The molecule has 2 aliphatic carbocycles. The molecule has 1 N–H and O–H groups in total. The van der Waals surface area contributed by atoms with E-state index in [1.165, 1.54) is 50.5 Å². The summed E-state index contributed by atoms with van der Waals surface area (Å²) >= 11 is 0. The smallest absolute Gasteiger partial charge is 0.0208 e. The molecule has 2 fully saturated rings. The molecule has 104 valence electrons. The Balaban J connectivity index is 1.52. The Labute approximate surface area is 117 Å². The summed E-state index contributed by atoms with van der Waals surface area (Å²) in [4.78, 5) is 0. The summed E-state index contributed by atoms with van der Waals surface area (Å²) in [5.41, 5.74) is 3.00. The maximum atomic E-state index is 3.80. The van der Waals surface area contributed by atoms with Crippen LogP contribution in [-0.4, -0.2) is 6.04 Å². The van der Waals surface area contributed by atoms with E-state index in [0.717, 1.165) is 24.4 Å². The van der Waals surface area contributed by atoms with Gasteiger partial charge < -0.3 is 5.32 Å². The van der Waals surface area contributed by atoms with E-state index in [9.17, 15) is 0 Å². The van der Waals surface area contributed by atoms with E-state index in [1.54, 1.807) is 5.56 Å². The summed E-state index contributed by atoms with van der Waals surface area (Å²) in [6.45, 7) is 3.39. The molecule has 0 aliphatic heterocycles. The molecule has 0 spiro atoms. The van der Waals surface area contributed by atoms with Gasteiger partial charge in [0.25, 0.3) is 0 Å². The average Bonchev–Trinajstić information content (AvgIpc) is 3.30. The fourth-order valence-electron chi connectivity index (χ4n) is 3.54. The fourth-order valence-corrected chi connectivity index (χ4v) is 3.54. The molecule has 0 aromatic heterocycles. The van der Waals surface area contributed by atoms with Gasteiger partial charge in [0.1, 0.15) is 0 Å². The lowest BCUT2D eigenvalue weighted by Gasteiger charge is -2.31. The molecule has 1 nitrogen and oxygen atoms in total. The highest BCUT2D eigenvalue weighted by Gasteiger charge is 2.24. The van der Waals surface area contributed by atoms with E-state index < -0.39 is 0 Å². The maximum Gasteiger partial charge on any atom is 0.0208 e. The van der Waals surface area contributed by atoms with Crippen LogP contribution in [0.5, 0.6) is 0 Å². The Bertz CT molecular complexity index is 391. The van der Waals surface area contributed by atoms with Gasteiger partial charge in [0, 0.05) is 12.6 Å². The van der Waals surface area contributed by atoms with Crippen molar-refractivity contribution in [3.05, 3.63) is 35.4 Å². The largest absolute Gasteiger partial charge is 0.310 e. The van der Waals surface area contributed by atoms with Crippen LogP contribution in [-0.2, 0) is 6.54 Å². The van der Waals surface area contributed by atoms with Gasteiger partial charge in [-0.2, -0.15) is 0 Å². The standard InChI is InChI=1S/C18H27N/c1-2-15-5-3-4-6-18(15)19-13-14-7-9-16(10-8-14)17-11-12-17/h7-10,15,17-19H,2-6,11-13H2,1H3. The van der Waals surface area contributed by atoms with Crippen molar-refractivity contribution in [2.75, 3.05) is 0 Å². The number of nitrogens with one attached hydrogen (secondary N) is 1. The van der Waals surface area contributed by atoms with Crippen molar-refractivity contribution >= 4 is 0 Å². The van der Waals surface area contributed by atoms with Crippen molar-refractivity contribution in [2.45, 2.75) is 70.4 Å². The first-order chi connectivity index (χ1) is 9.36. The second-order valence-corrected chi connectivity index (χ2v) is 6.46. The van der Waals surface area contributed by atoms with E-state index >= 15 is 0 Å². The summed E-state index contributed by atoms with van der Waals surface area (Å²) in [6, 6.07) is 10.1. The molecule has 0 saturated heterocycles. The molecule has 0 amide bonds. The lowest BCUT2D eigenvalue weighted by Crippen LogP contribution is -2.37. The lowest BCUT2D eigenvalue weighted by molar-refractivity contribution is 0.254. The normalized spacial score (nSPS) is 27.4. The second kappa shape index (κ2) is 6.09. The van der Waals surface area contributed by atoms with Gasteiger partial charge in [0.15, 0.2) is 0 Å². The SMILES string of the molecule is CCC1CCCCC1NCc1ccc(C2CC2)cc1. The highest BCUT2D eigenvalue weighted by atomic mass is 14.9. The maximum absolute atomic E-state index is 3.80. The number of benzene rings is 1. The molecule has 2 atom stereocenters. The lowest BCUT2D eigenvalue weighted by atomic mass is 9.83. The average molecular weight is 257 g/mol. The van der Waals surface area contributed by atoms with Gasteiger partial charge in [0.2, 0.25) is 0 Å². The van der Waals surface area contributed by atoms with Crippen LogP contribution in [0.15, 0.2) is 24.3 Å². The number of hydrogen-bond donors (Lipinski definition) is 1. The van der Waals surface area contributed by atoms with E-state index in [2.05, 4.69) is 36.5 Å². The molecule has 19 heavy (non-hydrogen) atoms. The summed E-state index contributed by atoms with van der Waals surface area (Å²) in [5.74, 6) is 1.78. The third kappa shape index (κ3) is 3.39. The van der Waals surface area contributed by atoms with Crippen LogP contribution in [0.25, 0.3) is 0 Å². The molecule has 0 bridgehead atoms. The highest BCUT2D eigenvalue weighted by molar-refractivity contribution is 5.28. The van der Waals surface area contributed by atoms with Crippen LogP contribution in [0.4, 0.5) is 0 Å². The van der Waals surface area contributed by atoms with Gasteiger partial charge in [0.05, 0.1) is 0 Å². The first-order valence-corrected chi connectivity index (χ1v) is 8.19. The van der Waals surface area contributed by atoms with Gasteiger partial charge in [-0.3, -0.25) is 0 Å². The summed E-state index contributed by atoms with van der Waals surface area (Å²) in [7, 11) is 0. The Morgan fingerprint density at radius 1 is 1.00 bits per heavy atom. The molecule has 2 aliphatic rings. The van der Waals surface area contributed by atoms with E-state index in [-0.39, 0.29) is 0 Å². The van der Waals surface area contributed by atoms with Gasteiger partial charge in [-0.1, -0.05) is 50.5 Å². The van der Waals surface area contributed by atoms with Crippen molar-refractivity contribution in [3.8, 4) is 0 Å². The Kier molecular flexibility index (Phi) is 4.22. The minimum absolute atomic E-state index is 0.752. The van der Waals surface area contributed by atoms with Crippen molar-refractivity contribution < 1.29 is 0 Å². The second-order valence-electron chi connectivity index (χ2n) is 6.46. The molecule has 0 radical (unpaired) electrons. The van der Waals surface area contributed by atoms with Crippen LogP contribution in [0.2, 0.25) is 0 Å². The molecule has 1 heteroatoms. The summed E-state index contributed by atoms with van der Waals surface area (Å²) in [5, 5.41) is 3.80. The fraction of sp³-hybridized carbons (Fsp3) is 0.667. The van der Waals surface area contributed by atoms with Crippen LogP contribution in [0.1, 0.15) is 68.9 Å². The molecular weight excluding hydrogens is 230 g/mol. The molecular formula is C18H27N. The summed E-state index contributed by atoms with van der Waals surface area (Å²) < 4.78 is 0. The van der Waals surface area contributed by atoms with Crippen molar-refractivity contribution in [1.29, 1.82) is 0 Å². The van der Waals surface area contributed by atoms with Crippen molar-refractivity contribution in [1.82, 2.24) is 5.32 Å². The predicted molar refractivity (Wildman–Crippen MR) is 81.3 cm³/mol. The Morgan fingerprint density at radius 2 is 1.74 bits per heavy atom. The zero-order valence-electron chi connectivity index (χ0n) is 12.2. The topological polar surface area (TPSA) is 12.0 Å². The molecule has 2 saturated carbocycles. The van der Waals surface area contributed by atoms with Crippen molar-refractivity contribution in [3.63, 3.8) is 0 Å². The minimum Gasteiger partial charge on any atom is -0.310 e. The van der Waals surface area contributed by atoms with Crippen LogP contribution >= 0.6 is 0 Å². The molecule has 0 heterocycles. The van der Waals surface area contributed by atoms with Gasteiger partial charge >= 0.3 is 0 Å². The third-order valence-corrected chi connectivity index (χ3v) is 5.03. The monoisotopic (exact) mass is 257 g/mol. The van der Waals surface area contributed by atoms with E-state index in [0.29, 0.717) is 0 Å². The molecule has 1 aromatic rings. The van der Waals surface area contributed by atoms with Crippen LogP contribution < -0.4 is 5.32 Å².